The molecule has 2 heterocycles. The number of rotatable bonds is 13. The highest BCUT2D eigenvalue weighted by atomic mass is 32.3. The topological polar surface area (TPSA) is 295 Å². The van der Waals surface area contributed by atoms with Crippen molar-refractivity contribution < 1.29 is 86.8 Å². The first-order chi connectivity index (χ1) is 27.5. The van der Waals surface area contributed by atoms with Crippen molar-refractivity contribution in [3.05, 3.63) is 12.2 Å². The van der Waals surface area contributed by atoms with Crippen molar-refractivity contribution in [2.75, 3.05) is 26.9 Å². The lowest BCUT2D eigenvalue weighted by Gasteiger charge is -2.66. The molecular formula is C40H67O18S-. The number of aliphatic hydroxyl groups is 9. The van der Waals surface area contributed by atoms with Gasteiger partial charge in [0.15, 0.2) is 12.6 Å². The fraction of sp³-hybridized carbons (Fsp3) is 0.950. The first kappa shape index (κ1) is 47.5. The van der Waals surface area contributed by atoms with Crippen molar-refractivity contribution in [3.8, 4) is 0 Å². The lowest BCUT2D eigenvalue weighted by Crippen LogP contribution is -2.71. The molecule has 0 radical (unpaired) electrons. The van der Waals surface area contributed by atoms with Crippen LogP contribution in [0.25, 0.3) is 0 Å². The van der Waals surface area contributed by atoms with Crippen LogP contribution in [0.3, 0.4) is 0 Å². The molecule has 6 fully saturated rings. The summed E-state index contributed by atoms with van der Waals surface area (Å²) in [6.45, 7) is 9.41. The minimum Gasteiger partial charge on any atom is -0.726 e. The predicted molar refractivity (Wildman–Crippen MR) is 203 cm³/mol. The molecule has 19 heteroatoms. The lowest BCUT2D eigenvalue weighted by molar-refractivity contribution is -0.345. The van der Waals surface area contributed by atoms with E-state index < -0.39 is 137 Å². The van der Waals surface area contributed by atoms with Crippen LogP contribution in [-0.2, 0) is 38.3 Å². The standard InChI is InChI=1S/C40H68O18S/c1-18(2)20(11-14-54-36-34(30(46)23(43)16-55-36)57-37-33(53-6)29(45)22(42)17-56-37)8-7-19(3)26-31(47)32(48)35-39(26,5)13-10-25-38(4)12-9-21(41)28(44)27(38)24(15-40(25,35)49)58-59(50,51)52/h7-8,18-37,41-49H,9-17H2,1-6H3,(H,50,51,52)/p-1/b8-7+/t19-,20-,21+,22-,23-,24+,25-,26+,27+,28+,29+,30+,31-,32-,33-,34-,35-,36-,37+,38-,39-,40+/m1/s1. The number of fused-ring (bicyclic) bond motifs is 5. The van der Waals surface area contributed by atoms with E-state index in [1.807, 2.05) is 46.8 Å². The van der Waals surface area contributed by atoms with Crippen molar-refractivity contribution in [2.24, 2.45) is 52.3 Å². The molecule has 0 spiro atoms. The van der Waals surface area contributed by atoms with E-state index in [1.54, 1.807) is 0 Å². The molecule has 0 unspecified atom stereocenters. The summed E-state index contributed by atoms with van der Waals surface area (Å²) >= 11 is 0. The third-order valence-electron chi connectivity index (χ3n) is 15.4. The SMILES string of the molecule is CO[C@H]1[C@H](O[C@H]2[C@H](OCC[C@@H](/C=C/[C@@H](C)[C@H]3[C@@H](O)[C@@H](O)[C@@H]4[C@]3(C)CC[C@@H]3[C@@]5(C)CC[C@H](O)[C@H](O)[C@@H]5[C@@H](OS(=O)(=O)[O-])C[C@]34O)C(C)C)OC[C@@H](O)[C@@H]2O)OC[C@@H](O)[C@@H]1O. The third kappa shape index (κ3) is 8.81. The number of methoxy groups -OCH3 is 1. The molecule has 2 aliphatic heterocycles. The third-order valence-corrected chi connectivity index (χ3v) is 15.8. The Labute approximate surface area is 346 Å². The van der Waals surface area contributed by atoms with Crippen LogP contribution in [0.1, 0.15) is 73.1 Å². The predicted octanol–water partition coefficient (Wildman–Crippen LogP) is -1.08. The van der Waals surface area contributed by atoms with E-state index >= 15 is 0 Å². The summed E-state index contributed by atoms with van der Waals surface area (Å²) in [5.41, 5.74) is -3.59. The lowest BCUT2D eigenvalue weighted by atomic mass is 9.41. The fourth-order valence-electron chi connectivity index (χ4n) is 12.5. The molecular weight excluding hydrogens is 800 g/mol. The quantitative estimate of drug-likeness (QED) is 0.0604. The Balaban J connectivity index is 1.16. The first-order valence-electron chi connectivity index (χ1n) is 21.0. The molecule has 2 saturated heterocycles. The summed E-state index contributed by atoms with van der Waals surface area (Å²) in [6.07, 6.45) is -11.1. The maximum absolute atomic E-state index is 12.8. The van der Waals surface area contributed by atoms with Crippen molar-refractivity contribution in [3.63, 3.8) is 0 Å². The van der Waals surface area contributed by atoms with E-state index in [1.165, 1.54) is 7.11 Å². The maximum Gasteiger partial charge on any atom is 0.217 e. The van der Waals surface area contributed by atoms with E-state index in [9.17, 15) is 58.9 Å². The first-order valence-corrected chi connectivity index (χ1v) is 22.4. The summed E-state index contributed by atoms with van der Waals surface area (Å²) in [4.78, 5) is 0. The summed E-state index contributed by atoms with van der Waals surface area (Å²) < 4.78 is 69.6. The number of aliphatic hydroxyl groups excluding tert-OH is 8. The van der Waals surface area contributed by atoms with Crippen molar-refractivity contribution in [1.29, 1.82) is 0 Å². The Hall–Kier alpha value is -0.950. The van der Waals surface area contributed by atoms with Gasteiger partial charge >= 0.3 is 0 Å². The number of hydrogen-bond acceptors (Lipinski definition) is 18. The second kappa shape index (κ2) is 17.9. The van der Waals surface area contributed by atoms with E-state index in [0.717, 1.165) is 0 Å². The Morgan fingerprint density at radius 3 is 2.02 bits per heavy atom. The fourth-order valence-corrected chi connectivity index (χ4v) is 13.0. The Morgan fingerprint density at radius 2 is 1.41 bits per heavy atom. The Kier molecular flexibility index (Phi) is 14.4. The van der Waals surface area contributed by atoms with Gasteiger partial charge in [-0.15, -0.1) is 0 Å². The highest BCUT2D eigenvalue weighted by molar-refractivity contribution is 7.80. The van der Waals surface area contributed by atoms with E-state index in [-0.39, 0.29) is 44.0 Å². The van der Waals surface area contributed by atoms with Crippen molar-refractivity contribution >= 4 is 10.4 Å². The molecule has 18 nitrogen and oxygen atoms in total. The summed E-state index contributed by atoms with van der Waals surface area (Å²) in [6, 6.07) is 0. The summed E-state index contributed by atoms with van der Waals surface area (Å²) in [5.74, 6) is -3.28. The molecule has 342 valence electrons. The summed E-state index contributed by atoms with van der Waals surface area (Å²) in [5, 5.41) is 99.8. The molecule has 6 aliphatic rings. The highest BCUT2D eigenvalue weighted by Gasteiger charge is 2.74. The molecule has 6 rings (SSSR count). The van der Waals surface area contributed by atoms with Gasteiger partial charge in [-0.2, -0.15) is 0 Å². The van der Waals surface area contributed by atoms with Gasteiger partial charge in [0.05, 0.1) is 55.9 Å². The summed E-state index contributed by atoms with van der Waals surface area (Å²) in [7, 11) is -3.98. The Bertz CT molecular complexity index is 1570. The number of hydrogen-bond donors (Lipinski definition) is 9. The monoisotopic (exact) mass is 867 g/mol. The van der Waals surface area contributed by atoms with E-state index in [0.29, 0.717) is 25.7 Å². The zero-order valence-corrected chi connectivity index (χ0v) is 35.5. The second-order valence-corrected chi connectivity index (χ2v) is 20.1. The number of ether oxygens (including phenoxy) is 5. The van der Waals surface area contributed by atoms with Gasteiger partial charge in [-0.3, -0.25) is 4.18 Å². The van der Waals surface area contributed by atoms with Gasteiger partial charge in [-0.05, 0) is 72.5 Å². The second-order valence-electron chi connectivity index (χ2n) is 19.1. The smallest absolute Gasteiger partial charge is 0.217 e. The minimum absolute atomic E-state index is 0.0608. The normalized spacial score (nSPS) is 50.3. The molecule has 4 aliphatic carbocycles. The van der Waals surface area contributed by atoms with Gasteiger partial charge in [-0.25, -0.2) is 8.42 Å². The van der Waals surface area contributed by atoms with Gasteiger partial charge in [0.25, 0.3) is 0 Å². The van der Waals surface area contributed by atoms with E-state index in [2.05, 4.69) is 0 Å². The molecule has 59 heavy (non-hydrogen) atoms. The molecule has 0 amide bonds. The minimum atomic E-state index is -5.29. The van der Waals surface area contributed by atoms with Crippen LogP contribution in [0.4, 0.5) is 0 Å². The number of allylic oxidation sites excluding steroid dienone is 2. The molecule has 0 aromatic heterocycles. The molecule has 22 atom stereocenters. The van der Waals surface area contributed by atoms with Crippen LogP contribution in [0.5, 0.6) is 0 Å². The van der Waals surface area contributed by atoms with Crippen LogP contribution in [0.2, 0.25) is 0 Å². The van der Waals surface area contributed by atoms with Gasteiger partial charge in [0.1, 0.15) is 36.6 Å². The average Bonchev–Trinajstić information content (AvgIpc) is 3.35. The van der Waals surface area contributed by atoms with Crippen LogP contribution in [0.15, 0.2) is 12.2 Å². The highest BCUT2D eigenvalue weighted by Crippen LogP contribution is 2.70. The maximum atomic E-state index is 12.8. The Morgan fingerprint density at radius 1 is 0.797 bits per heavy atom. The molecule has 0 aromatic rings. The van der Waals surface area contributed by atoms with Gasteiger partial charge in [0.2, 0.25) is 10.4 Å². The molecule has 0 bridgehead atoms. The molecule has 9 N–H and O–H groups in total. The van der Waals surface area contributed by atoms with Crippen LogP contribution >= 0.6 is 0 Å². The zero-order valence-electron chi connectivity index (χ0n) is 34.7. The van der Waals surface area contributed by atoms with Crippen molar-refractivity contribution in [1.82, 2.24) is 0 Å². The largest absolute Gasteiger partial charge is 0.726 e. The van der Waals surface area contributed by atoms with E-state index in [4.69, 9.17) is 27.9 Å². The van der Waals surface area contributed by atoms with Gasteiger partial charge in [-0.1, -0.05) is 46.8 Å². The van der Waals surface area contributed by atoms with Crippen LogP contribution < -0.4 is 0 Å². The molecule has 4 saturated carbocycles. The average molecular weight is 868 g/mol. The van der Waals surface area contributed by atoms with Gasteiger partial charge in [0, 0.05) is 25.4 Å². The zero-order chi connectivity index (χ0) is 43.6. The van der Waals surface area contributed by atoms with Gasteiger partial charge < -0.3 is 74.2 Å². The van der Waals surface area contributed by atoms with Crippen LogP contribution in [-0.4, -0.2) is 171 Å². The molecule has 0 aromatic carbocycles. The van der Waals surface area contributed by atoms with Crippen LogP contribution in [0, 0.1) is 52.3 Å². The van der Waals surface area contributed by atoms with Crippen molar-refractivity contribution in [2.45, 2.75) is 158 Å².